The molecule has 1 saturated heterocycles. The minimum absolute atomic E-state index is 0.0249. The Bertz CT molecular complexity index is 1270. The summed E-state index contributed by atoms with van der Waals surface area (Å²) in [5, 5.41) is 0.956. The number of thiophene rings is 1. The smallest absolute Gasteiger partial charge is 0.195 e. The van der Waals surface area contributed by atoms with Crippen molar-refractivity contribution in [1.82, 2.24) is 4.90 Å². The number of carbonyl (C=O) groups excluding carboxylic acids is 1. The van der Waals surface area contributed by atoms with Gasteiger partial charge in [0.15, 0.2) is 5.78 Å². The quantitative estimate of drug-likeness (QED) is 0.188. The standard InChI is InChI=1S/C30H31NO3S/c1-33-25-15-16-26-27(21-25)35-30(23-9-4-2-5-10-23)28(26)29(32)22-11-13-24(14-12-22)34-20-8-19-31-17-6-3-7-18-31/h2,4-5,9-16,21H,3,6-8,17-20H2,1H3. The van der Waals surface area contributed by atoms with E-state index in [-0.39, 0.29) is 5.78 Å². The lowest BCUT2D eigenvalue weighted by molar-refractivity contribution is 0.104. The van der Waals surface area contributed by atoms with Crippen molar-refractivity contribution in [3.63, 3.8) is 0 Å². The molecular weight excluding hydrogens is 454 g/mol. The number of methoxy groups -OCH3 is 1. The molecule has 0 atom stereocenters. The second kappa shape index (κ2) is 11.1. The van der Waals surface area contributed by atoms with Gasteiger partial charge >= 0.3 is 0 Å². The Labute approximate surface area is 211 Å². The van der Waals surface area contributed by atoms with Crippen molar-refractivity contribution in [3.8, 4) is 21.9 Å². The molecular formula is C30H31NO3S. The molecule has 4 nitrogen and oxygen atoms in total. The Hall–Kier alpha value is -3.15. The van der Waals surface area contributed by atoms with E-state index >= 15 is 0 Å². The lowest BCUT2D eigenvalue weighted by Crippen LogP contribution is -2.31. The molecule has 1 aliphatic rings. The monoisotopic (exact) mass is 485 g/mol. The van der Waals surface area contributed by atoms with E-state index < -0.39 is 0 Å². The topological polar surface area (TPSA) is 38.8 Å². The molecule has 35 heavy (non-hydrogen) atoms. The molecule has 0 aliphatic carbocycles. The lowest BCUT2D eigenvalue weighted by atomic mass is 9.97. The molecule has 0 N–H and O–H groups in total. The first-order valence-electron chi connectivity index (χ1n) is 12.4. The van der Waals surface area contributed by atoms with E-state index in [1.165, 1.54) is 32.4 Å². The van der Waals surface area contributed by atoms with Crippen molar-refractivity contribution in [2.24, 2.45) is 0 Å². The highest BCUT2D eigenvalue weighted by Gasteiger charge is 2.22. The number of benzene rings is 3. The van der Waals surface area contributed by atoms with Crippen LogP contribution < -0.4 is 9.47 Å². The average Bonchev–Trinajstić information content (AvgIpc) is 3.31. The van der Waals surface area contributed by atoms with Crippen LogP contribution in [0, 0.1) is 0 Å². The van der Waals surface area contributed by atoms with Gasteiger partial charge in [0.05, 0.1) is 13.7 Å². The van der Waals surface area contributed by atoms with E-state index in [0.29, 0.717) is 12.2 Å². The minimum Gasteiger partial charge on any atom is -0.497 e. The van der Waals surface area contributed by atoms with Crippen LogP contribution in [0.25, 0.3) is 20.5 Å². The SMILES string of the molecule is COc1ccc2c(C(=O)c3ccc(OCCCN4CCCCC4)cc3)c(-c3ccccc3)sc2c1. The van der Waals surface area contributed by atoms with Gasteiger partial charge < -0.3 is 14.4 Å². The van der Waals surface area contributed by atoms with Crippen molar-refractivity contribution < 1.29 is 14.3 Å². The first-order chi connectivity index (χ1) is 17.2. The Balaban J connectivity index is 1.34. The van der Waals surface area contributed by atoms with E-state index in [1.54, 1.807) is 18.4 Å². The van der Waals surface area contributed by atoms with Crippen LogP contribution >= 0.6 is 11.3 Å². The fraction of sp³-hybridized carbons (Fsp3) is 0.300. The number of hydrogen-bond acceptors (Lipinski definition) is 5. The predicted molar refractivity (Wildman–Crippen MR) is 144 cm³/mol. The molecule has 0 radical (unpaired) electrons. The number of rotatable bonds is 9. The summed E-state index contributed by atoms with van der Waals surface area (Å²) in [6.07, 6.45) is 5.01. The summed E-state index contributed by atoms with van der Waals surface area (Å²) in [5.41, 5.74) is 2.46. The number of fused-ring (bicyclic) bond motifs is 1. The maximum atomic E-state index is 13.7. The second-order valence-electron chi connectivity index (χ2n) is 8.99. The third-order valence-electron chi connectivity index (χ3n) is 6.61. The molecule has 0 bridgehead atoms. The van der Waals surface area contributed by atoms with Gasteiger partial charge in [0.25, 0.3) is 0 Å². The molecule has 2 heterocycles. The van der Waals surface area contributed by atoms with Gasteiger partial charge in [-0.25, -0.2) is 0 Å². The molecule has 1 aromatic heterocycles. The number of nitrogens with zero attached hydrogens (tertiary/aromatic N) is 1. The lowest BCUT2D eigenvalue weighted by Gasteiger charge is -2.26. The second-order valence-corrected chi connectivity index (χ2v) is 10.0. The number of likely N-dealkylation sites (tertiary alicyclic amines) is 1. The van der Waals surface area contributed by atoms with E-state index in [9.17, 15) is 4.79 Å². The third-order valence-corrected chi connectivity index (χ3v) is 7.81. The van der Waals surface area contributed by atoms with Crippen LogP contribution in [0.15, 0.2) is 72.8 Å². The number of hydrogen-bond donors (Lipinski definition) is 0. The minimum atomic E-state index is 0.0249. The zero-order chi connectivity index (χ0) is 24.0. The van der Waals surface area contributed by atoms with Gasteiger partial charge in [-0.3, -0.25) is 4.79 Å². The Morgan fingerprint density at radius 2 is 1.66 bits per heavy atom. The highest BCUT2D eigenvalue weighted by Crippen LogP contribution is 2.41. The number of piperidine rings is 1. The van der Waals surface area contributed by atoms with Crippen molar-refractivity contribution in [3.05, 3.63) is 83.9 Å². The van der Waals surface area contributed by atoms with Crippen LogP contribution in [-0.4, -0.2) is 44.0 Å². The summed E-state index contributed by atoms with van der Waals surface area (Å²) in [6.45, 7) is 4.21. The molecule has 0 unspecified atom stereocenters. The van der Waals surface area contributed by atoms with Crippen molar-refractivity contribution in [2.75, 3.05) is 33.4 Å². The fourth-order valence-electron chi connectivity index (χ4n) is 4.73. The van der Waals surface area contributed by atoms with Crippen molar-refractivity contribution >= 4 is 27.2 Å². The predicted octanol–water partition coefficient (Wildman–Crippen LogP) is 7.06. The Kier molecular flexibility index (Phi) is 7.45. The molecule has 180 valence electrons. The molecule has 1 aliphatic heterocycles. The molecule has 5 heteroatoms. The van der Waals surface area contributed by atoms with Gasteiger partial charge in [-0.1, -0.05) is 36.8 Å². The maximum Gasteiger partial charge on any atom is 0.195 e. The van der Waals surface area contributed by atoms with Crippen molar-refractivity contribution in [2.45, 2.75) is 25.7 Å². The van der Waals surface area contributed by atoms with Crippen LogP contribution in [0.2, 0.25) is 0 Å². The van der Waals surface area contributed by atoms with Crippen LogP contribution in [-0.2, 0) is 0 Å². The van der Waals surface area contributed by atoms with Crippen LogP contribution in [0.1, 0.15) is 41.6 Å². The summed E-state index contributed by atoms with van der Waals surface area (Å²) in [4.78, 5) is 17.3. The van der Waals surface area contributed by atoms with Crippen LogP contribution in [0.4, 0.5) is 0 Å². The average molecular weight is 486 g/mol. The zero-order valence-corrected chi connectivity index (χ0v) is 21.0. The summed E-state index contributed by atoms with van der Waals surface area (Å²) in [6, 6.07) is 23.6. The first-order valence-corrected chi connectivity index (χ1v) is 13.2. The molecule has 3 aromatic carbocycles. The molecule has 4 aromatic rings. The normalized spacial score (nSPS) is 14.2. The molecule has 0 amide bonds. The van der Waals surface area contributed by atoms with Gasteiger partial charge in [0.2, 0.25) is 0 Å². The van der Waals surface area contributed by atoms with Gasteiger partial charge in [0, 0.05) is 32.6 Å². The fourth-order valence-corrected chi connectivity index (χ4v) is 5.96. The molecule has 5 rings (SSSR count). The molecule has 1 fully saturated rings. The van der Waals surface area contributed by atoms with Gasteiger partial charge in [-0.2, -0.15) is 0 Å². The van der Waals surface area contributed by atoms with Gasteiger partial charge in [-0.05, 0) is 80.4 Å². The Morgan fingerprint density at radius 3 is 2.40 bits per heavy atom. The summed E-state index contributed by atoms with van der Waals surface area (Å²) >= 11 is 1.63. The largest absolute Gasteiger partial charge is 0.497 e. The third kappa shape index (κ3) is 5.42. The van der Waals surface area contributed by atoms with Crippen molar-refractivity contribution in [1.29, 1.82) is 0 Å². The number of ether oxygens (including phenoxy) is 2. The Morgan fingerprint density at radius 1 is 0.914 bits per heavy atom. The summed E-state index contributed by atoms with van der Waals surface area (Å²) < 4.78 is 12.4. The molecule has 0 saturated carbocycles. The van der Waals surface area contributed by atoms with E-state index in [2.05, 4.69) is 17.0 Å². The maximum absolute atomic E-state index is 13.7. The van der Waals surface area contributed by atoms with Gasteiger partial charge in [0.1, 0.15) is 11.5 Å². The van der Waals surface area contributed by atoms with E-state index in [0.717, 1.165) is 50.6 Å². The van der Waals surface area contributed by atoms with Gasteiger partial charge in [-0.15, -0.1) is 11.3 Å². The summed E-state index contributed by atoms with van der Waals surface area (Å²) in [5.74, 6) is 1.62. The number of ketones is 1. The molecule has 0 spiro atoms. The van der Waals surface area contributed by atoms with E-state index in [1.807, 2.05) is 60.7 Å². The summed E-state index contributed by atoms with van der Waals surface area (Å²) in [7, 11) is 1.66. The first kappa shape index (κ1) is 23.6. The van der Waals surface area contributed by atoms with E-state index in [4.69, 9.17) is 9.47 Å². The zero-order valence-electron chi connectivity index (χ0n) is 20.2. The van der Waals surface area contributed by atoms with Crippen LogP contribution in [0.5, 0.6) is 11.5 Å². The number of carbonyl (C=O) groups is 1. The highest BCUT2D eigenvalue weighted by atomic mass is 32.1. The van der Waals surface area contributed by atoms with Crippen LogP contribution in [0.3, 0.4) is 0 Å². The highest BCUT2D eigenvalue weighted by molar-refractivity contribution is 7.22.